The molecule has 2 aromatic carbocycles. The van der Waals surface area contributed by atoms with Crippen LogP contribution in [-0.2, 0) is 11.2 Å². The molecule has 1 aliphatic heterocycles. The number of aromatic nitrogens is 1. The van der Waals surface area contributed by atoms with Crippen molar-refractivity contribution in [3.05, 3.63) is 64.9 Å². The van der Waals surface area contributed by atoms with Gasteiger partial charge in [-0.3, -0.25) is 4.79 Å². The van der Waals surface area contributed by atoms with E-state index in [4.69, 9.17) is 4.74 Å². The molecule has 1 saturated carbocycles. The molecular formula is C25H28F2N2O2. The molecule has 1 fully saturated rings. The highest BCUT2D eigenvalue weighted by Crippen LogP contribution is 2.45. The predicted octanol–water partition coefficient (Wildman–Crippen LogP) is 5.75. The van der Waals surface area contributed by atoms with E-state index in [0.717, 1.165) is 35.7 Å². The Bertz CT molecular complexity index is 1140. The number of amides is 1. The Balaban J connectivity index is 0.00000245. The van der Waals surface area contributed by atoms with Crippen molar-refractivity contribution in [1.82, 2.24) is 9.88 Å². The molecule has 0 unspecified atom stereocenters. The first-order chi connectivity index (χ1) is 15.0. The number of hydrogen-bond donors (Lipinski definition) is 1. The molecule has 1 aromatic heterocycles. The van der Waals surface area contributed by atoms with Gasteiger partial charge in [-0.15, -0.1) is 0 Å². The van der Waals surface area contributed by atoms with Crippen LogP contribution >= 0.6 is 0 Å². The number of halogens is 2. The summed E-state index contributed by atoms with van der Waals surface area (Å²) in [6.45, 7) is 4.28. The van der Waals surface area contributed by atoms with E-state index < -0.39 is 17.7 Å². The number of fused-ring (bicyclic) bond motifs is 3. The fraction of sp³-hybridized carbons (Fsp3) is 0.400. The number of ether oxygens (including phenoxy) is 1. The summed E-state index contributed by atoms with van der Waals surface area (Å²) < 4.78 is 36.2. The van der Waals surface area contributed by atoms with Crippen molar-refractivity contribution in [2.24, 2.45) is 5.92 Å². The highest BCUT2D eigenvalue weighted by atomic mass is 19.1. The lowest BCUT2D eigenvalue weighted by atomic mass is 9.87. The topological polar surface area (TPSA) is 45.3 Å². The Morgan fingerprint density at radius 1 is 1.23 bits per heavy atom. The molecule has 31 heavy (non-hydrogen) atoms. The van der Waals surface area contributed by atoms with Crippen molar-refractivity contribution < 1.29 is 19.7 Å². The maximum atomic E-state index is 15.4. The molecule has 1 aliphatic carbocycles. The van der Waals surface area contributed by atoms with E-state index in [-0.39, 0.29) is 30.6 Å². The van der Waals surface area contributed by atoms with Crippen LogP contribution in [0, 0.1) is 17.6 Å². The van der Waals surface area contributed by atoms with Crippen LogP contribution in [0.2, 0.25) is 0 Å². The van der Waals surface area contributed by atoms with Crippen molar-refractivity contribution >= 4 is 16.8 Å². The molecule has 0 bridgehead atoms. The fourth-order valence-corrected chi connectivity index (χ4v) is 4.76. The van der Waals surface area contributed by atoms with Gasteiger partial charge in [0.05, 0.1) is 12.2 Å². The fourth-order valence-electron chi connectivity index (χ4n) is 4.76. The van der Waals surface area contributed by atoms with Crippen molar-refractivity contribution in [3.63, 3.8) is 0 Å². The number of nitrogens with zero attached hydrogens (tertiary/aromatic N) is 1. The van der Waals surface area contributed by atoms with Crippen molar-refractivity contribution in [1.29, 1.82) is 0 Å². The van der Waals surface area contributed by atoms with Crippen molar-refractivity contribution in [2.45, 2.75) is 51.6 Å². The van der Waals surface area contributed by atoms with Crippen LogP contribution in [0.15, 0.2) is 36.4 Å². The molecule has 1 amide bonds. The lowest BCUT2D eigenvalue weighted by Crippen LogP contribution is -2.47. The largest absolute Gasteiger partial charge is 0.493 e. The van der Waals surface area contributed by atoms with E-state index in [9.17, 15) is 4.79 Å². The smallest absolute Gasteiger partial charge is 0.226 e. The third-order valence-corrected chi connectivity index (χ3v) is 6.35. The summed E-state index contributed by atoms with van der Waals surface area (Å²) in [4.78, 5) is 18.3. The molecule has 6 heteroatoms. The molecule has 0 radical (unpaired) electrons. The lowest BCUT2D eigenvalue weighted by Gasteiger charge is -2.41. The number of carbonyl (C=O) groups excluding carboxylic acids is 1. The Labute approximate surface area is 181 Å². The van der Waals surface area contributed by atoms with Crippen LogP contribution in [0.1, 0.15) is 57.4 Å². The van der Waals surface area contributed by atoms with Gasteiger partial charge < -0.3 is 14.6 Å². The number of benzene rings is 2. The molecule has 2 heterocycles. The molecule has 2 aliphatic rings. The van der Waals surface area contributed by atoms with Crippen LogP contribution in [-0.4, -0.2) is 28.4 Å². The molecule has 3 aromatic rings. The minimum atomic E-state index is -0.834. The standard InChI is InChI=1S/C25H26F2N2O2.H2/c1-3-10-31-16-12-19(26)22(20(27)13-16)24-23-18(17-6-4-5-7-21(17)28-23)11-14(2)29(24)25(30)15-8-9-15;/h4-7,12-15,24,28H,3,8-11H2,1-2H3;1H/t14-,24-;/m1./s1. The zero-order chi connectivity index (χ0) is 21.7. The quantitative estimate of drug-likeness (QED) is 0.564. The summed E-state index contributed by atoms with van der Waals surface area (Å²) in [6.07, 6.45) is 3.06. The first kappa shape index (κ1) is 20.0. The predicted molar refractivity (Wildman–Crippen MR) is 117 cm³/mol. The minimum Gasteiger partial charge on any atom is -0.493 e. The number of nitrogens with one attached hydrogen (secondary N) is 1. The van der Waals surface area contributed by atoms with Gasteiger partial charge in [0.15, 0.2) is 0 Å². The maximum Gasteiger partial charge on any atom is 0.226 e. The van der Waals surface area contributed by atoms with Gasteiger partial charge in [0.25, 0.3) is 0 Å². The number of rotatable bonds is 5. The van der Waals surface area contributed by atoms with Gasteiger partial charge in [0.2, 0.25) is 5.91 Å². The van der Waals surface area contributed by atoms with Crippen LogP contribution in [0.4, 0.5) is 8.78 Å². The summed E-state index contributed by atoms with van der Waals surface area (Å²) in [7, 11) is 0. The van der Waals surface area contributed by atoms with Crippen molar-refractivity contribution in [3.8, 4) is 5.75 Å². The Morgan fingerprint density at radius 3 is 2.61 bits per heavy atom. The SMILES string of the molecule is CCCOc1cc(F)c([C@@H]2c3[nH]c4ccccc4c3C[C@@H](C)N2C(=O)C2CC2)c(F)c1.[HH]. The average molecular weight is 427 g/mol. The normalized spacial score (nSPS) is 20.7. The van der Waals surface area contributed by atoms with Crippen LogP contribution in [0.3, 0.4) is 0 Å². The highest BCUT2D eigenvalue weighted by molar-refractivity contribution is 5.87. The second-order valence-corrected chi connectivity index (χ2v) is 8.69. The van der Waals surface area contributed by atoms with E-state index in [1.807, 2.05) is 38.1 Å². The lowest BCUT2D eigenvalue weighted by molar-refractivity contribution is -0.137. The molecular weight excluding hydrogens is 398 g/mol. The molecule has 1 N–H and O–H groups in total. The first-order valence-corrected chi connectivity index (χ1v) is 11.0. The van der Waals surface area contributed by atoms with E-state index in [1.165, 1.54) is 12.1 Å². The molecule has 0 spiro atoms. The van der Waals surface area contributed by atoms with Gasteiger partial charge in [0, 0.05) is 42.1 Å². The number of hydrogen-bond acceptors (Lipinski definition) is 2. The second-order valence-electron chi connectivity index (χ2n) is 8.69. The van der Waals surface area contributed by atoms with Gasteiger partial charge in [-0.2, -0.15) is 0 Å². The number of aromatic amines is 1. The number of carbonyl (C=O) groups is 1. The van der Waals surface area contributed by atoms with E-state index in [0.29, 0.717) is 18.7 Å². The third-order valence-electron chi connectivity index (χ3n) is 6.35. The second kappa shape index (κ2) is 7.66. The number of para-hydroxylation sites is 1. The van der Waals surface area contributed by atoms with E-state index >= 15 is 8.78 Å². The summed E-state index contributed by atoms with van der Waals surface area (Å²) in [6, 6.07) is 9.32. The van der Waals surface area contributed by atoms with Gasteiger partial charge in [-0.25, -0.2) is 8.78 Å². The van der Waals surface area contributed by atoms with Gasteiger partial charge in [-0.1, -0.05) is 25.1 Å². The highest BCUT2D eigenvalue weighted by Gasteiger charge is 2.45. The summed E-state index contributed by atoms with van der Waals surface area (Å²) in [5.74, 6) is -1.28. The van der Waals surface area contributed by atoms with Gasteiger partial charge in [-0.05, 0) is 44.2 Å². The minimum absolute atomic E-state index is 0. The Kier molecular flexibility index (Phi) is 4.95. The van der Waals surface area contributed by atoms with Gasteiger partial charge in [0.1, 0.15) is 23.4 Å². The Hall–Kier alpha value is -2.89. The van der Waals surface area contributed by atoms with Crippen LogP contribution in [0.5, 0.6) is 5.75 Å². The third kappa shape index (κ3) is 3.38. The van der Waals surface area contributed by atoms with Gasteiger partial charge >= 0.3 is 0 Å². The molecule has 5 rings (SSSR count). The average Bonchev–Trinajstić information content (AvgIpc) is 3.53. The van der Waals surface area contributed by atoms with Crippen LogP contribution < -0.4 is 4.74 Å². The zero-order valence-electron chi connectivity index (χ0n) is 17.8. The molecule has 0 saturated heterocycles. The summed E-state index contributed by atoms with van der Waals surface area (Å²) in [5.41, 5.74) is 2.54. The maximum absolute atomic E-state index is 15.4. The van der Waals surface area contributed by atoms with Crippen LogP contribution in [0.25, 0.3) is 10.9 Å². The van der Waals surface area contributed by atoms with Crippen molar-refractivity contribution in [2.75, 3.05) is 6.61 Å². The molecule has 4 nitrogen and oxygen atoms in total. The summed E-state index contributed by atoms with van der Waals surface area (Å²) >= 11 is 0. The zero-order valence-corrected chi connectivity index (χ0v) is 17.8. The van der Waals surface area contributed by atoms with E-state index in [2.05, 4.69) is 4.98 Å². The Morgan fingerprint density at radius 2 is 1.94 bits per heavy atom. The monoisotopic (exact) mass is 426 g/mol. The van der Waals surface area contributed by atoms with E-state index in [1.54, 1.807) is 4.90 Å². The number of H-pyrrole nitrogens is 1. The summed E-state index contributed by atoms with van der Waals surface area (Å²) in [5, 5.41) is 1.04. The first-order valence-electron chi connectivity index (χ1n) is 11.0. The molecule has 164 valence electrons. The molecule has 2 atom stereocenters.